The zero-order chi connectivity index (χ0) is 15.4. The Balaban J connectivity index is 2.00. The van der Waals surface area contributed by atoms with E-state index in [4.69, 9.17) is 11.6 Å². The van der Waals surface area contributed by atoms with Crippen molar-refractivity contribution in [3.05, 3.63) is 70.2 Å². The van der Waals surface area contributed by atoms with Crippen LogP contribution in [0.3, 0.4) is 0 Å². The van der Waals surface area contributed by atoms with E-state index < -0.39 is 17.7 Å². The molecule has 2 aromatic carbocycles. The molecule has 21 heavy (non-hydrogen) atoms. The van der Waals surface area contributed by atoms with Crippen molar-refractivity contribution >= 4 is 11.6 Å². The van der Waals surface area contributed by atoms with Gasteiger partial charge in [0.05, 0.1) is 11.7 Å². The monoisotopic (exact) mass is 311 g/mol. The van der Waals surface area contributed by atoms with Crippen LogP contribution in [0.15, 0.2) is 42.5 Å². The SMILES string of the molecule is C[C@@H](NCC(O)c1c(F)cccc1F)c1ccc(Cl)cc1. The maximum atomic E-state index is 13.6. The van der Waals surface area contributed by atoms with Crippen molar-refractivity contribution in [2.24, 2.45) is 0 Å². The number of hydrogen-bond acceptors (Lipinski definition) is 2. The summed E-state index contributed by atoms with van der Waals surface area (Å²) in [7, 11) is 0. The van der Waals surface area contributed by atoms with Crippen molar-refractivity contribution in [3.8, 4) is 0 Å². The van der Waals surface area contributed by atoms with Gasteiger partial charge in [0.15, 0.2) is 0 Å². The molecule has 2 rings (SSSR count). The van der Waals surface area contributed by atoms with Gasteiger partial charge in [0.2, 0.25) is 0 Å². The molecule has 0 saturated carbocycles. The van der Waals surface area contributed by atoms with Gasteiger partial charge in [-0.2, -0.15) is 0 Å². The smallest absolute Gasteiger partial charge is 0.131 e. The maximum Gasteiger partial charge on any atom is 0.131 e. The minimum atomic E-state index is -1.25. The summed E-state index contributed by atoms with van der Waals surface area (Å²) in [6.45, 7) is 1.94. The molecule has 0 radical (unpaired) electrons. The lowest BCUT2D eigenvalue weighted by Crippen LogP contribution is -2.25. The molecule has 2 N–H and O–H groups in total. The third kappa shape index (κ3) is 4.00. The Morgan fingerprint density at radius 3 is 2.24 bits per heavy atom. The first-order chi connectivity index (χ1) is 9.99. The van der Waals surface area contributed by atoms with Crippen molar-refractivity contribution in [3.63, 3.8) is 0 Å². The second-order valence-electron chi connectivity index (χ2n) is 4.83. The third-order valence-corrected chi connectivity index (χ3v) is 3.57. The molecule has 2 atom stereocenters. The molecule has 5 heteroatoms. The highest BCUT2D eigenvalue weighted by molar-refractivity contribution is 6.30. The lowest BCUT2D eigenvalue weighted by molar-refractivity contribution is 0.161. The molecular formula is C16H16ClF2NO. The Morgan fingerprint density at radius 2 is 1.67 bits per heavy atom. The van der Waals surface area contributed by atoms with Crippen LogP contribution in [-0.4, -0.2) is 11.7 Å². The summed E-state index contributed by atoms with van der Waals surface area (Å²) in [5.41, 5.74) is 0.661. The molecule has 2 aromatic rings. The zero-order valence-electron chi connectivity index (χ0n) is 11.5. The van der Waals surface area contributed by atoms with E-state index in [2.05, 4.69) is 5.32 Å². The summed E-state index contributed by atoms with van der Waals surface area (Å²) in [5.74, 6) is -1.49. The largest absolute Gasteiger partial charge is 0.387 e. The lowest BCUT2D eigenvalue weighted by Gasteiger charge is -2.18. The molecular weight excluding hydrogens is 296 g/mol. The van der Waals surface area contributed by atoms with Gasteiger partial charge in [-0.3, -0.25) is 0 Å². The zero-order valence-corrected chi connectivity index (χ0v) is 12.2. The van der Waals surface area contributed by atoms with Crippen LogP contribution in [-0.2, 0) is 0 Å². The van der Waals surface area contributed by atoms with E-state index in [0.29, 0.717) is 5.02 Å². The van der Waals surface area contributed by atoms with Gasteiger partial charge in [-0.15, -0.1) is 0 Å². The number of rotatable bonds is 5. The van der Waals surface area contributed by atoms with Crippen molar-refractivity contribution in [2.45, 2.75) is 19.1 Å². The number of halogens is 3. The van der Waals surface area contributed by atoms with Crippen molar-refractivity contribution < 1.29 is 13.9 Å². The van der Waals surface area contributed by atoms with E-state index in [-0.39, 0.29) is 18.2 Å². The molecule has 0 aliphatic rings. The van der Waals surface area contributed by atoms with Crippen LogP contribution in [0.2, 0.25) is 5.02 Å². The van der Waals surface area contributed by atoms with Gasteiger partial charge < -0.3 is 10.4 Å². The Kier molecular flexibility index (Phi) is 5.28. The van der Waals surface area contributed by atoms with Crippen LogP contribution in [0, 0.1) is 11.6 Å². The molecule has 0 heterocycles. The van der Waals surface area contributed by atoms with E-state index >= 15 is 0 Å². The summed E-state index contributed by atoms with van der Waals surface area (Å²) in [6, 6.07) is 10.7. The van der Waals surface area contributed by atoms with Crippen LogP contribution in [0.4, 0.5) is 8.78 Å². The van der Waals surface area contributed by atoms with Crippen LogP contribution in [0.25, 0.3) is 0 Å². The summed E-state index contributed by atoms with van der Waals surface area (Å²) < 4.78 is 27.1. The topological polar surface area (TPSA) is 32.3 Å². The standard InChI is InChI=1S/C16H16ClF2NO/c1-10(11-5-7-12(17)8-6-11)20-9-15(21)16-13(18)3-2-4-14(16)19/h2-8,10,15,20-21H,9H2,1H3/t10-,15?/m1/s1. The van der Waals surface area contributed by atoms with Crippen molar-refractivity contribution in [1.82, 2.24) is 5.32 Å². The fourth-order valence-corrected chi connectivity index (χ4v) is 2.21. The normalized spacial score (nSPS) is 14.0. The first-order valence-corrected chi connectivity index (χ1v) is 6.97. The molecule has 0 aromatic heterocycles. The predicted octanol–water partition coefficient (Wildman–Crippen LogP) is 4.00. The molecule has 0 aliphatic heterocycles. The molecule has 0 fully saturated rings. The second kappa shape index (κ2) is 6.98. The second-order valence-corrected chi connectivity index (χ2v) is 5.27. The first kappa shape index (κ1) is 15.9. The van der Waals surface area contributed by atoms with E-state index in [1.54, 1.807) is 12.1 Å². The van der Waals surface area contributed by atoms with Crippen LogP contribution < -0.4 is 5.32 Å². The highest BCUT2D eigenvalue weighted by Gasteiger charge is 2.18. The van der Waals surface area contributed by atoms with Crippen LogP contribution in [0.5, 0.6) is 0 Å². The molecule has 0 aliphatic carbocycles. The quantitative estimate of drug-likeness (QED) is 0.874. The number of aliphatic hydroxyl groups is 1. The molecule has 0 spiro atoms. The number of aliphatic hydroxyl groups excluding tert-OH is 1. The Morgan fingerprint density at radius 1 is 1.10 bits per heavy atom. The molecule has 0 bridgehead atoms. The Labute approximate surface area is 127 Å². The van der Waals surface area contributed by atoms with Crippen molar-refractivity contribution in [2.75, 3.05) is 6.54 Å². The van der Waals surface area contributed by atoms with Crippen LogP contribution >= 0.6 is 11.6 Å². The third-order valence-electron chi connectivity index (χ3n) is 3.32. The predicted molar refractivity (Wildman–Crippen MR) is 79.2 cm³/mol. The average Bonchev–Trinajstić information content (AvgIpc) is 2.45. The summed E-state index contributed by atoms with van der Waals surface area (Å²) in [6.07, 6.45) is -1.25. The van der Waals surface area contributed by atoms with E-state index in [0.717, 1.165) is 17.7 Å². The fourth-order valence-electron chi connectivity index (χ4n) is 2.09. The Bertz CT molecular complexity index is 583. The van der Waals surface area contributed by atoms with Gasteiger partial charge in [0.25, 0.3) is 0 Å². The van der Waals surface area contributed by atoms with Crippen LogP contribution in [0.1, 0.15) is 30.2 Å². The average molecular weight is 312 g/mol. The van der Waals surface area contributed by atoms with Gasteiger partial charge in [0.1, 0.15) is 11.6 Å². The highest BCUT2D eigenvalue weighted by atomic mass is 35.5. The molecule has 2 nitrogen and oxygen atoms in total. The summed E-state index contributed by atoms with van der Waals surface area (Å²) in [4.78, 5) is 0. The summed E-state index contributed by atoms with van der Waals surface area (Å²) in [5, 5.41) is 13.6. The van der Waals surface area contributed by atoms with Gasteiger partial charge in [-0.25, -0.2) is 8.78 Å². The molecule has 0 saturated heterocycles. The molecule has 112 valence electrons. The van der Waals surface area contributed by atoms with E-state index in [1.807, 2.05) is 19.1 Å². The minimum Gasteiger partial charge on any atom is -0.387 e. The molecule has 1 unspecified atom stereocenters. The van der Waals surface area contributed by atoms with E-state index in [9.17, 15) is 13.9 Å². The number of benzene rings is 2. The number of nitrogens with one attached hydrogen (secondary N) is 1. The maximum absolute atomic E-state index is 13.6. The summed E-state index contributed by atoms with van der Waals surface area (Å²) >= 11 is 5.82. The Hall–Kier alpha value is -1.49. The van der Waals surface area contributed by atoms with Gasteiger partial charge in [-0.05, 0) is 36.8 Å². The minimum absolute atomic E-state index is 0.0433. The lowest BCUT2D eigenvalue weighted by atomic mass is 10.1. The fraction of sp³-hybridized carbons (Fsp3) is 0.250. The van der Waals surface area contributed by atoms with Crippen molar-refractivity contribution in [1.29, 1.82) is 0 Å². The first-order valence-electron chi connectivity index (χ1n) is 6.60. The van der Waals surface area contributed by atoms with Gasteiger partial charge in [-0.1, -0.05) is 29.8 Å². The van der Waals surface area contributed by atoms with Gasteiger partial charge >= 0.3 is 0 Å². The number of hydrogen-bond donors (Lipinski definition) is 2. The highest BCUT2D eigenvalue weighted by Crippen LogP contribution is 2.21. The van der Waals surface area contributed by atoms with E-state index in [1.165, 1.54) is 6.07 Å². The van der Waals surface area contributed by atoms with Gasteiger partial charge in [0, 0.05) is 17.6 Å². The molecule has 0 amide bonds.